The van der Waals surface area contributed by atoms with E-state index in [-0.39, 0.29) is 18.5 Å². The van der Waals surface area contributed by atoms with Crippen LogP contribution in [0, 0.1) is 12.8 Å². The lowest BCUT2D eigenvalue weighted by Crippen LogP contribution is -2.48. The highest BCUT2D eigenvalue weighted by atomic mass is 16.2. The van der Waals surface area contributed by atoms with Gasteiger partial charge in [0.1, 0.15) is 12.4 Å². The van der Waals surface area contributed by atoms with Gasteiger partial charge in [0.2, 0.25) is 5.91 Å². The number of imidazole rings is 1. The number of hydrogen-bond acceptors (Lipinski definition) is 3. The van der Waals surface area contributed by atoms with E-state index in [0.717, 1.165) is 36.1 Å². The maximum absolute atomic E-state index is 12.2. The number of hydrogen-bond donors (Lipinski definition) is 2. The summed E-state index contributed by atoms with van der Waals surface area (Å²) in [6, 6.07) is 7.41. The number of carbonyl (C=O) groups excluding carboxylic acids is 2. The van der Waals surface area contributed by atoms with Crippen molar-refractivity contribution in [3.05, 3.63) is 30.1 Å². The van der Waals surface area contributed by atoms with Crippen LogP contribution in [0.15, 0.2) is 24.3 Å². The normalized spacial score (nSPS) is 20.8. The molecule has 3 amide bonds. The van der Waals surface area contributed by atoms with Gasteiger partial charge in [-0.15, -0.1) is 0 Å². The van der Waals surface area contributed by atoms with E-state index in [1.165, 1.54) is 6.42 Å². The van der Waals surface area contributed by atoms with Crippen LogP contribution in [0.3, 0.4) is 0 Å². The first-order chi connectivity index (χ1) is 11.5. The summed E-state index contributed by atoms with van der Waals surface area (Å²) in [5.41, 5.74) is 1.75. The lowest BCUT2D eigenvalue weighted by molar-refractivity contribution is -0.120. The Morgan fingerprint density at radius 2 is 2.00 bits per heavy atom. The predicted molar refractivity (Wildman–Crippen MR) is 92.6 cm³/mol. The van der Waals surface area contributed by atoms with Crippen molar-refractivity contribution < 1.29 is 9.59 Å². The Balaban J connectivity index is 1.60. The second-order valence-electron chi connectivity index (χ2n) is 6.62. The zero-order chi connectivity index (χ0) is 17.1. The van der Waals surface area contributed by atoms with Crippen molar-refractivity contribution >= 4 is 23.0 Å². The maximum Gasteiger partial charge on any atom is 0.321 e. The van der Waals surface area contributed by atoms with Gasteiger partial charge in [-0.3, -0.25) is 10.1 Å². The van der Waals surface area contributed by atoms with Crippen LogP contribution >= 0.6 is 0 Å². The highest BCUT2D eigenvalue weighted by Gasteiger charge is 2.23. The Morgan fingerprint density at radius 1 is 1.25 bits per heavy atom. The molecule has 128 valence electrons. The molecule has 0 bridgehead atoms. The van der Waals surface area contributed by atoms with E-state index in [9.17, 15) is 9.59 Å². The fourth-order valence-electron chi connectivity index (χ4n) is 3.44. The zero-order valence-corrected chi connectivity index (χ0v) is 14.2. The molecular formula is C18H24N4O2. The molecule has 1 saturated carbocycles. The summed E-state index contributed by atoms with van der Waals surface area (Å²) in [4.78, 5) is 28.7. The van der Waals surface area contributed by atoms with E-state index < -0.39 is 6.03 Å². The predicted octanol–water partition coefficient (Wildman–Crippen LogP) is 2.75. The molecule has 6 heteroatoms. The van der Waals surface area contributed by atoms with Crippen LogP contribution in [-0.2, 0) is 11.3 Å². The molecule has 1 aromatic heterocycles. The number of carbonyl (C=O) groups is 2. The van der Waals surface area contributed by atoms with Crippen molar-refractivity contribution in [1.82, 2.24) is 20.2 Å². The van der Waals surface area contributed by atoms with Crippen LogP contribution in [0.25, 0.3) is 11.0 Å². The first-order valence-corrected chi connectivity index (χ1v) is 8.57. The second-order valence-corrected chi connectivity index (χ2v) is 6.62. The van der Waals surface area contributed by atoms with E-state index in [1.54, 1.807) is 0 Å². The van der Waals surface area contributed by atoms with Crippen molar-refractivity contribution in [3.63, 3.8) is 0 Å². The monoisotopic (exact) mass is 328 g/mol. The molecule has 2 aromatic rings. The molecule has 6 nitrogen and oxygen atoms in total. The number of benzene rings is 1. The molecule has 2 N–H and O–H groups in total. The summed E-state index contributed by atoms with van der Waals surface area (Å²) < 4.78 is 1.82. The summed E-state index contributed by atoms with van der Waals surface area (Å²) in [7, 11) is 0. The van der Waals surface area contributed by atoms with Gasteiger partial charge in [-0.25, -0.2) is 9.78 Å². The smallest absolute Gasteiger partial charge is 0.321 e. The van der Waals surface area contributed by atoms with Crippen LogP contribution in [0.4, 0.5) is 4.79 Å². The second kappa shape index (κ2) is 7.03. The third kappa shape index (κ3) is 3.58. The third-order valence-corrected chi connectivity index (χ3v) is 4.83. The van der Waals surface area contributed by atoms with Crippen LogP contribution in [-0.4, -0.2) is 27.5 Å². The average Bonchev–Trinajstić information content (AvgIpc) is 2.85. The van der Waals surface area contributed by atoms with Gasteiger partial charge in [-0.2, -0.15) is 0 Å². The Kier molecular flexibility index (Phi) is 4.83. The minimum absolute atomic E-state index is 0.0833. The third-order valence-electron chi connectivity index (χ3n) is 4.83. The number of imide groups is 1. The summed E-state index contributed by atoms with van der Waals surface area (Å²) in [6.45, 7) is 4.09. The van der Waals surface area contributed by atoms with Crippen LogP contribution < -0.4 is 10.6 Å². The number of para-hydroxylation sites is 2. The van der Waals surface area contributed by atoms with E-state index in [0.29, 0.717) is 5.92 Å². The van der Waals surface area contributed by atoms with Gasteiger partial charge < -0.3 is 9.88 Å². The average molecular weight is 328 g/mol. The van der Waals surface area contributed by atoms with E-state index >= 15 is 0 Å². The minimum Gasteiger partial charge on any atom is -0.335 e. The maximum atomic E-state index is 12.2. The molecule has 1 aromatic carbocycles. The Bertz CT molecular complexity index is 753. The minimum atomic E-state index is -0.402. The lowest BCUT2D eigenvalue weighted by Gasteiger charge is -2.29. The standard InChI is InChI=1S/C18H24N4O2/c1-12-7-3-4-8-14(12)20-18(24)21-17(23)11-22-13(2)19-15-9-5-6-10-16(15)22/h5-6,9-10,12,14H,3-4,7-8,11H2,1-2H3,(H2,20,21,23,24)/t12-,14+/m0/s1. The van der Waals surface area contributed by atoms with Crippen molar-refractivity contribution in [1.29, 1.82) is 0 Å². The highest BCUT2D eigenvalue weighted by molar-refractivity contribution is 5.94. The topological polar surface area (TPSA) is 76.0 Å². The Labute approximate surface area is 141 Å². The summed E-state index contributed by atoms with van der Waals surface area (Å²) >= 11 is 0. The van der Waals surface area contributed by atoms with Gasteiger partial charge in [0.15, 0.2) is 0 Å². The molecule has 24 heavy (non-hydrogen) atoms. The number of aromatic nitrogens is 2. The van der Waals surface area contributed by atoms with Gasteiger partial charge in [0.25, 0.3) is 0 Å². The van der Waals surface area contributed by atoms with Crippen LogP contribution in [0.2, 0.25) is 0 Å². The highest BCUT2D eigenvalue weighted by Crippen LogP contribution is 2.23. The molecule has 2 atom stereocenters. The van der Waals surface area contributed by atoms with Crippen molar-refractivity contribution in [2.45, 2.75) is 52.1 Å². The van der Waals surface area contributed by atoms with Gasteiger partial charge >= 0.3 is 6.03 Å². The summed E-state index contributed by atoms with van der Waals surface area (Å²) in [5, 5.41) is 5.38. The number of urea groups is 1. The van der Waals surface area contributed by atoms with Crippen LogP contribution in [0.1, 0.15) is 38.4 Å². The zero-order valence-electron chi connectivity index (χ0n) is 14.2. The fourth-order valence-corrected chi connectivity index (χ4v) is 3.44. The number of nitrogens with one attached hydrogen (secondary N) is 2. The van der Waals surface area contributed by atoms with Gasteiger partial charge in [0, 0.05) is 6.04 Å². The summed E-state index contributed by atoms with van der Waals surface area (Å²) in [6.07, 6.45) is 4.45. The lowest BCUT2D eigenvalue weighted by atomic mass is 9.86. The van der Waals surface area contributed by atoms with Crippen molar-refractivity contribution in [3.8, 4) is 0 Å². The molecule has 0 aliphatic heterocycles. The van der Waals surface area contributed by atoms with Crippen molar-refractivity contribution in [2.75, 3.05) is 0 Å². The molecule has 0 spiro atoms. The molecule has 3 rings (SSSR count). The Hall–Kier alpha value is -2.37. The van der Waals surface area contributed by atoms with Gasteiger partial charge in [-0.1, -0.05) is 31.9 Å². The van der Waals surface area contributed by atoms with E-state index in [1.807, 2.05) is 35.8 Å². The molecule has 0 radical (unpaired) electrons. The molecule has 0 saturated heterocycles. The number of nitrogens with zero attached hydrogens (tertiary/aromatic N) is 2. The molecular weight excluding hydrogens is 304 g/mol. The van der Waals surface area contributed by atoms with Crippen LogP contribution in [0.5, 0.6) is 0 Å². The van der Waals surface area contributed by atoms with Gasteiger partial charge in [0.05, 0.1) is 11.0 Å². The number of rotatable bonds is 3. The summed E-state index contributed by atoms with van der Waals surface area (Å²) in [5.74, 6) is 0.884. The number of amides is 3. The molecule has 0 unspecified atom stereocenters. The SMILES string of the molecule is Cc1nc2ccccc2n1CC(=O)NC(=O)N[C@@H]1CCCC[C@@H]1C. The fraction of sp³-hybridized carbons (Fsp3) is 0.500. The van der Waals surface area contributed by atoms with Crippen molar-refractivity contribution in [2.24, 2.45) is 5.92 Å². The molecule has 1 fully saturated rings. The molecule has 1 heterocycles. The van der Waals surface area contributed by atoms with Gasteiger partial charge in [-0.05, 0) is 37.8 Å². The molecule has 1 aliphatic carbocycles. The number of fused-ring (bicyclic) bond motifs is 1. The van der Waals surface area contributed by atoms with E-state index in [2.05, 4.69) is 22.5 Å². The first-order valence-electron chi connectivity index (χ1n) is 8.57. The van der Waals surface area contributed by atoms with E-state index in [4.69, 9.17) is 0 Å². The molecule has 1 aliphatic rings. The Morgan fingerprint density at radius 3 is 2.79 bits per heavy atom. The number of aryl methyl sites for hydroxylation is 1. The first kappa shape index (κ1) is 16.5. The quantitative estimate of drug-likeness (QED) is 0.909. The largest absolute Gasteiger partial charge is 0.335 e.